The number of hydrogen-bond donors (Lipinski definition) is 0. The van der Waals surface area contributed by atoms with Gasteiger partial charge in [-0.1, -0.05) is 93.1 Å². The average Bonchev–Trinajstić information content (AvgIpc) is 3.44. The maximum absolute atomic E-state index is 5.01. The van der Waals surface area contributed by atoms with E-state index in [4.69, 9.17) is 4.98 Å². The average molecular weight is 542 g/mol. The van der Waals surface area contributed by atoms with Crippen LogP contribution < -0.4 is 0 Å². The third-order valence-electron chi connectivity index (χ3n) is 9.92. The molecule has 0 fully saturated rings. The molecule has 8 rings (SSSR count). The minimum atomic E-state index is -0.136. The fraction of sp³-hybridized carbons (Fsp3) is 0.195. The number of benzene rings is 5. The molecule has 2 aliphatic carbocycles. The molecule has 0 N–H and O–H groups in total. The van der Waals surface area contributed by atoms with Crippen molar-refractivity contribution in [2.24, 2.45) is 0 Å². The monoisotopic (exact) mass is 541 g/mol. The van der Waals surface area contributed by atoms with Crippen LogP contribution in [-0.4, -0.2) is 4.98 Å². The van der Waals surface area contributed by atoms with Crippen molar-refractivity contribution in [2.45, 2.75) is 53.4 Å². The standard InChI is InChI=1S/C41H35N/c1-7-11-36-25(8-2)40-39(41(36,5)6)30(18-19-42-40)34-21-33-29-17-15-24(4)37-28-13-10-9-12-26(28)35(38(29)37)22-32(33)27-16-14-23(3)20-31(27)34/h7,9-22H,8H2,1-6H3/b11-7-. The molecule has 0 saturated heterocycles. The predicted octanol–water partition coefficient (Wildman–Crippen LogP) is 11.5. The van der Waals surface area contributed by atoms with E-state index in [1.807, 2.05) is 6.20 Å². The van der Waals surface area contributed by atoms with Crippen LogP contribution in [0.15, 0.2) is 96.7 Å². The first kappa shape index (κ1) is 25.2. The summed E-state index contributed by atoms with van der Waals surface area (Å²) in [5.74, 6) is 0. The molecule has 0 aliphatic heterocycles. The van der Waals surface area contributed by atoms with E-state index in [2.05, 4.69) is 126 Å². The molecular formula is C41H35N. The Kier molecular flexibility index (Phi) is 5.26. The number of hydrogen-bond acceptors (Lipinski definition) is 1. The third-order valence-corrected chi connectivity index (χ3v) is 9.92. The molecule has 5 aromatic carbocycles. The van der Waals surface area contributed by atoms with Crippen molar-refractivity contribution in [1.29, 1.82) is 0 Å². The highest BCUT2D eigenvalue weighted by molar-refractivity contribution is 6.29. The number of allylic oxidation sites excluding steroid dienone is 4. The molecule has 0 bridgehead atoms. The maximum atomic E-state index is 5.01. The highest BCUT2D eigenvalue weighted by atomic mass is 14.7. The first-order chi connectivity index (χ1) is 20.3. The summed E-state index contributed by atoms with van der Waals surface area (Å²) < 4.78 is 0. The lowest BCUT2D eigenvalue weighted by atomic mass is 9.77. The Balaban J connectivity index is 1.53. The van der Waals surface area contributed by atoms with E-state index < -0.39 is 0 Å². The van der Waals surface area contributed by atoms with E-state index in [0.717, 1.165) is 6.42 Å². The molecule has 1 nitrogen and oxygen atoms in total. The third kappa shape index (κ3) is 3.17. The summed E-state index contributed by atoms with van der Waals surface area (Å²) >= 11 is 0. The number of pyridine rings is 1. The Hall–Kier alpha value is -4.49. The van der Waals surface area contributed by atoms with Gasteiger partial charge in [-0.05, 0) is 133 Å². The molecule has 0 radical (unpaired) electrons. The zero-order valence-corrected chi connectivity index (χ0v) is 25.3. The quantitative estimate of drug-likeness (QED) is 0.203. The first-order valence-corrected chi connectivity index (χ1v) is 15.2. The molecule has 2 aliphatic rings. The van der Waals surface area contributed by atoms with Gasteiger partial charge in [-0.25, -0.2) is 0 Å². The van der Waals surface area contributed by atoms with Crippen molar-refractivity contribution < 1.29 is 0 Å². The van der Waals surface area contributed by atoms with Crippen LogP contribution >= 0.6 is 0 Å². The molecule has 0 spiro atoms. The summed E-state index contributed by atoms with van der Waals surface area (Å²) in [6, 6.07) is 27.8. The second-order valence-corrected chi connectivity index (χ2v) is 12.7. The zero-order valence-electron chi connectivity index (χ0n) is 25.3. The van der Waals surface area contributed by atoms with E-state index in [9.17, 15) is 0 Å². The number of rotatable bonds is 3. The normalized spacial score (nSPS) is 15.0. The molecule has 1 aromatic heterocycles. The Labute approximate surface area is 248 Å². The van der Waals surface area contributed by atoms with Gasteiger partial charge in [-0.2, -0.15) is 0 Å². The fourth-order valence-corrected chi connectivity index (χ4v) is 8.11. The van der Waals surface area contributed by atoms with Gasteiger partial charge in [0, 0.05) is 11.6 Å². The minimum Gasteiger partial charge on any atom is -0.256 e. The van der Waals surface area contributed by atoms with Crippen LogP contribution in [-0.2, 0) is 5.41 Å². The van der Waals surface area contributed by atoms with Crippen LogP contribution in [0.5, 0.6) is 0 Å². The van der Waals surface area contributed by atoms with Crippen LogP contribution in [0, 0.1) is 13.8 Å². The van der Waals surface area contributed by atoms with Crippen molar-refractivity contribution in [3.8, 4) is 33.4 Å². The molecule has 6 aromatic rings. The van der Waals surface area contributed by atoms with Gasteiger partial charge in [0.15, 0.2) is 0 Å². The summed E-state index contributed by atoms with van der Waals surface area (Å²) in [4.78, 5) is 5.01. The van der Waals surface area contributed by atoms with Crippen molar-refractivity contribution in [1.82, 2.24) is 4.98 Å². The summed E-state index contributed by atoms with van der Waals surface area (Å²) in [7, 11) is 0. The number of aryl methyl sites for hydroxylation is 2. The van der Waals surface area contributed by atoms with Crippen LogP contribution in [0.3, 0.4) is 0 Å². The van der Waals surface area contributed by atoms with E-state index in [1.165, 1.54) is 99.2 Å². The van der Waals surface area contributed by atoms with Crippen LogP contribution in [0.25, 0.3) is 71.3 Å². The first-order valence-electron chi connectivity index (χ1n) is 15.2. The summed E-state index contributed by atoms with van der Waals surface area (Å²) in [6.45, 7) is 13.6. The molecule has 0 amide bonds. The fourth-order valence-electron chi connectivity index (χ4n) is 8.11. The highest BCUT2D eigenvalue weighted by Crippen LogP contribution is 2.54. The zero-order chi connectivity index (χ0) is 28.9. The minimum absolute atomic E-state index is 0.136. The van der Waals surface area contributed by atoms with Gasteiger partial charge in [-0.3, -0.25) is 4.98 Å². The molecule has 0 saturated carbocycles. The largest absolute Gasteiger partial charge is 0.256 e. The Bertz CT molecular complexity index is 2220. The lowest BCUT2D eigenvalue weighted by Crippen LogP contribution is -2.18. The van der Waals surface area contributed by atoms with Gasteiger partial charge in [0.05, 0.1) is 5.69 Å². The van der Waals surface area contributed by atoms with Gasteiger partial charge < -0.3 is 0 Å². The predicted molar refractivity (Wildman–Crippen MR) is 181 cm³/mol. The number of aromatic nitrogens is 1. The second-order valence-electron chi connectivity index (χ2n) is 12.7. The van der Waals surface area contributed by atoms with Crippen LogP contribution in [0.4, 0.5) is 0 Å². The van der Waals surface area contributed by atoms with Crippen molar-refractivity contribution >= 4 is 37.9 Å². The van der Waals surface area contributed by atoms with Crippen molar-refractivity contribution in [3.63, 3.8) is 0 Å². The molecule has 42 heavy (non-hydrogen) atoms. The number of fused-ring (bicyclic) bond motifs is 8. The van der Waals surface area contributed by atoms with Crippen LogP contribution in [0.1, 0.15) is 56.5 Å². The van der Waals surface area contributed by atoms with Gasteiger partial charge >= 0.3 is 0 Å². The maximum Gasteiger partial charge on any atom is 0.0711 e. The molecular weight excluding hydrogens is 506 g/mol. The molecule has 1 heteroatoms. The lowest BCUT2D eigenvalue weighted by Gasteiger charge is -2.26. The molecule has 0 unspecified atom stereocenters. The molecule has 1 heterocycles. The van der Waals surface area contributed by atoms with E-state index in [0.29, 0.717) is 0 Å². The Morgan fingerprint density at radius 3 is 2.24 bits per heavy atom. The van der Waals surface area contributed by atoms with Gasteiger partial charge in [0.1, 0.15) is 0 Å². The van der Waals surface area contributed by atoms with Gasteiger partial charge in [0.2, 0.25) is 0 Å². The van der Waals surface area contributed by atoms with Gasteiger partial charge in [-0.15, -0.1) is 0 Å². The topological polar surface area (TPSA) is 12.9 Å². The Morgan fingerprint density at radius 2 is 1.45 bits per heavy atom. The highest BCUT2D eigenvalue weighted by Gasteiger charge is 2.39. The van der Waals surface area contributed by atoms with Crippen molar-refractivity contribution in [2.75, 3.05) is 0 Å². The summed E-state index contributed by atoms with van der Waals surface area (Å²) in [5.41, 5.74) is 15.8. The smallest absolute Gasteiger partial charge is 0.0711 e. The molecule has 0 atom stereocenters. The van der Waals surface area contributed by atoms with E-state index >= 15 is 0 Å². The SMILES string of the molecule is C/C=C\C1=C(CC)c2nccc(-c3cc4c5ccc(C)c6c5c(cc4c4ccc(C)cc34)-c3ccccc3-6)c2C1(C)C. The van der Waals surface area contributed by atoms with E-state index in [-0.39, 0.29) is 5.41 Å². The summed E-state index contributed by atoms with van der Waals surface area (Å²) in [5, 5.41) is 8.02. The molecule has 204 valence electrons. The van der Waals surface area contributed by atoms with Crippen LogP contribution in [0.2, 0.25) is 0 Å². The van der Waals surface area contributed by atoms with Crippen molar-refractivity contribution in [3.05, 3.63) is 119 Å². The van der Waals surface area contributed by atoms with E-state index in [1.54, 1.807) is 0 Å². The second kappa shape index (κ2) is 8.76. The number of nitrogens with zero attached hydrogens (tertiary/aromatic N) is 1. The Morgan fingerprint density at radius 1 is 0.714 bits per heavy atom. The van der Waals surface area contributed by atoms with Gasteiger partial charge in [0.25, 0.3) is 0 Å². The summed E-state index contributed by atoms with van der Waals surface area (Å²) in [6.07, 6.45) is 7.48. The lowest BCUT2D eigenvalue weighted by molar-refractivity contribution is 0.653.